The molecule has 0 aromatic carbocycles. The summed E-state index contributed by atoms with van der Waals surface area (Å²) in [6.45, 7) is 3.13. The molecule has 9 heavy (non-hydrogen) atoms. The van der Waals surface area contributed by atoms with Gasteiger partial charge in [-0.05, 0) is 6.72 Å². The Morgan fingerprint density at radius 1 is 1.89 bits per heavy atom. The van der Waals surface area contributed by atoms with Crippen LogP contribution in [0.4, 0.5) is 0 Å². The molecule has 0 fully saturated rings. The van der Waals surface area contributed by atoms with E-state index in [1.165, 1.54) is 13.2 Å². The van der Waals surface area contributed by atoms with Crippen LogP contribution in [0.25, 0.3) is 0 Å². The van der Waals surface area contributed by atoms with Gasteiger partial charge in [0.05, 0.1) is 6.20 Å². The summed E-state index contributed by atoms with van der Waals surface area (Å²) in [6, 6.07) is 0. The number of hydrogen-bond acceptors (Lipinski definition) is 2. The van der Waals surface area contributed by atoms with E-state index in [1.807, 2.05) is 0 Å². The van der Waals surface area contributed by atoms with Gasteiger partial charge in [-0.15, -0.1) is 0 Å². The maximum Gasteiger partial charge on any atom is 0.264 e. The summed E-state index contributed by atoms with van der Waals surface area (Å²) in [5.41, 5.74) is 0. The van der Waals surface area contributed by atoms with Gasteiger partial charge in [0.25, 0.3) is 5.91 Å². The van der Waals surface area contributed by atoms with E-state index in [-0.39, 0.29) is 10.9 Å². The molecule has 0 spiro atoms. The summed E-state index contributed by atoms with van der Waals surface area (Å²) in [6.07, 6.45) is 1.18. The lowest BCUT2D eigenvalue weighted by molar-refractivity contribution is -0.116. The van der Waals surface area contributed by atoms with E-state index in [4.69, 9.17) is 11.6 Å². The van der Waals surface area contributed by atoms with Gasteiger partial charge in [-0.3, -0.25) is 9.79 Å². The number of aliphatic imine (C=N–C) groups is 1. The molecule has 0 heterocycles. The Morgan fingerprint density at radius 2 is 2.44 bits per heavy atom. The van der Waals surface area contributed by atoms with Crippen LogP contribution >= 0.6 is 11.6 Å². The van der Waals surface area contributed by atoms with Crippen molar-refractivity contribution in [3.05, 3.63) is 11.2 Å². The van der Waals surface area contributed by atoms with Crippen molar-refractivity contribution in [2.24, 2.45) is 4.99 Å². The molecule has 4 heteroatoms. The molecule has 1 amide bonds. The zero-order valence-electron chi connectivity index (χ0n) is 5.02. The highest BCUT2D eigenvalue weighted by Crippen LogP contribution is 1.99. The van der Waals surface area contributed by atoms with Crippen LogP contribution in [0.2, 0.25) is 0 Å². The zero-order chi connectivity index (χ0) is 7.28. The second-order valence-corrected chi connectivity index (χ2v) is 1.65. The van der Waals surface area contributed by atoms with Crippen molar-refractivity contribution in [3.63, 3.8) is 0 Å². The normalized spacial score (nSPS) is 10.7. The predicted molar refractivity (Wildman–Crippen MR) is 37.6 cm³/mol. The topological polar surface area (TPSA) is 41.5 Å². The molecule has 0 unspecified atom stereocenters. The standard InChI is InChI=1S/C5H7ClN2O/c1-7-3-4(6)5(9)8-2/h3H,1H2,2H3,(H,8,9)/b4-3+. The van der Waals surface area contributed by atoms with Crippen molar-refractivity contribution in [1.82, 2.24) is 5.32 Å². The van der Waals surface area contributed by atoms with Gasteiger partial charge in [0, 0.05) is 7.05 Å². The third kappa shape index (κ3) is 2.87. The van der Waals surface area contributed by atoms with Crippen molar-refractivity contribution in [2.45, 2.75) is 0 Å². The molecule has 0 aromatic rings. The highest BCUT2D eigenvalue weighted by Gasteiger charge is 1.99. The van der Waals surface area contributed by atoms with Gasteiger partial charge in [0.1, 0.15) is 5.03 Å². The SMILES string of the molecule is C=N/C=C(/Cl)C(=O)NC. The number of rotatable bonds is 2. The summed E-state index contributed by atoms with van der Waals surface area (Å²) in [5, 5.41) is 2.36. The number of nitrogens with one attached hydrogen (secondary N) is 1. The molecule has 0 aromatic heterocycles. The molecule has 3 nitrogen and oxygen atoms in total. The highest BCUT2D eigenvalue weighted by molar-refractivity contribution is 6.42. The second-order valence-electron chi connectivity index (χ2n) is 1.24. The minimum atomic E-state index is -0.357. The first-order valence-corrected chi connectivity index (χ1v) is 2.63. The number of halogens is 1. The predicted octanol–water partition coefficient (Wildman–Crippen LogP) is 0.513. The average Bonchev–Trinajstić information content (AvgIpc) is 1.87. The number of carbonyl (C=O) groups excluding carboxylic acids is 1. The molecule has 0 radical (unpaired) electrons. The summed E-state index contributed by atoms with van der Waals surface area (Å²) in [4.78, 5) is 13.8. The second kappa shape index (κ2) is 4.09. The Balaban J connectivity index is 4.01. The van der Waals surface area contributed by atoms with E-state index in [2.05, 4.69) is 17.0 Å². The third-order valence-corrected chi connectivity index (χ3v) is 0.918. The van der Waals surface area contributed by atoms with Crippen LogP contribution in [0.15, 0.2) is 16.2 Å². The molecule has 0 saturated carbocycles. The van der Waals surface area contributed by atoms with E-state index in [9.17, 15) is 4.79 Å². The molecule has 0 aliphatic carbocycles. The van der Waals surface area contributed by atoms with E-state index in [1.54, 1.807) is 0 Å². The van der Waals surface area contributed by atoms with E-state index in [0.29, 0.717) is 0 Å². The molecular formula is C5H7ClN2O. The van der Waals surface area contributed by atoms with Crippen LogP contribution in [0.3, 0.4) is 0 Å². The van der Waals surface area contributed by atoms with Gasteiger partial charge in [-0.1, -0.05) is 11.6 Å². The van der Waals surface area contributed by atoms with Crippen molar-refractivity contribution in [3.8, 4) is 0 Å². The van der Waals surface area contributed by atoms with Crippen molar-refractivity contribution >= 4 is 24.2 Å². The number of nitrogens with zero attached hydrogens (tertiary/aromatic N) is 1. The quantitative estimate of drug-likeness (QED) is 0.448. The first-order chi connectivity index (χ1) is 4.22. The number of carbonyl (C=O) groups is 1. The molecule has 0 atom stereocenters. The summed E-state index contributed by atoms with van der Waals surface area (Å²) < 4.78 is 0. The highest BCUT2D eigenvalue weighted by atomic mass is 35.5. The first kappa shape index (κ1) is 8.17. The van der Waals surface area contributed by atoms with Crippen LogP contribution < -0.4 is 5.32 Å². The number of likely N-dealkylation sites (N-methyl/N-ethyl adjacent to an activating group) is 1. The monoisotopic (exact) mass is 146 g/mol. The van der Waals surface area contributed by atoms with Crippen molar-refractivity contribution in [1.29, 1.82) is 0 Å². The van der Waals surface area contributed by atoms with E-state index >= 15 is 0 Å². The molecule has 0 saturated heterocycles. The van der Waals surface area contributed by atoms with Gasteiger partial charge in [-0.25, -0.2) is 0 Å². The van der Waals surface area contributed by atoms with E-state index in [0.717, 1.165) is 0 Å². The maximum absolute atomic E-state index is 10.5. The fourth-order valence-corrected chi connectivity index (χ4v) is 0.422. The molecule has 1 N–H and O–H groups in total. The van der Waals surface area contributed by atoms with Crippen LogP contribution in [-0.4, -0.2) is 19.7 Å². The van der Waals surface area contributed by atoms with Gasteiger partial charge >= 0.3 is 0 Å². The Morgan fingerprint density at radius 3 is 2.78 bits per heavy atom. The van der Waals surface area contributed by atoms with Crippen molar-refractivity contribution < 1.29 is 4.79 Å². The van der Waals surface area contributed by atoms with Gasteiger partial charge < -0.3 is 5.32 Å². The Kier molecular flexibility index (Phi) is 3.71. The van der Waals surface area contributed by atoms with Gasteiger partial charge in [0.15, 0.2) is 0 Å². The molecule has 0 bridgehead atoms. The molecular weight excluding hydrogens is 140 g/mol. The molecule has 0 aliphatic heterocycles. The first-order valence-electron chi connectivity index (χ1n) is 2.26. The van der Waals surface area contributed by atoms with Gasteiger partial charge in [0.2, 0.25) is 0 Å². The summed E-state index contributed by atoms with van der Waals surface area (Å²) in [7, 11) is 1.49. The number of amides is 1. The lowest BCUT2D eigenvalue weighted by Crippen LogP contribution is -2.17. The largest absolute Gasteiger partial charge is 0.354 e. The van der Waals surface area contributed by atoms with Crippen molar-refractivity contribution in [2.75, 3.05) is 7.05 Å². The summed E-state index contributed by atoms with van der Waals surface area (Å²) >= 11 is 5.35. The Hall–Kier alpha value is -0.830. The Labute approximate surface area is 58.4 Å². The maximum atomic E-state index is 10.5. The molecule has 50 valence electrons. The number of hydrogen-bond donors (Lipinski definition) is 1. The average molecular weight is 147 g/mol. The lowest BCUT2D eigenvalue weighted by Gasteiger charge is -1.91. The fourth-order valence-electron chi connectivity index (χ4n) is 0.258. The Bertz CT molecular complexity index is 153. The lowest BCUT2D eigenvalue weighted by atomic mass is 10.5. The van der Waals surface area contributed by atoms with Crippen LogP contribution in [0.1, 0.15) is 0 Å². The minimum absolute atomic E-state index is 0.0347. The van der Waals surface area contributed by atoms with E-state index < -0.39 is 0 Å². The van der Waals surface area contributed by atoms with Crippen LogP contribution in [-0.2, 0) is 4.79 Å². The van der Waals surface area contributed by atoms with Gasteiger partial charge in [-0.2, -0.15) is 0 Å². The smallest absolute Gasteiger partial charge is 0.264 e. The van der Waals surface area contributed by atoms with Crippen LogP contribution in [0, 0.1) is 0 Å². The summed E-state index contributed by atoms with van der Waals surface area (Å²) in [5.74, 6) is -0.357. The molecule has 0 rings (SSSR count). The minimum Gasteiger partial charge on any atom is -0.354 e. The zero-order valence-corrected chi connectivity index (χ0v) is 5.77. The third-order valence-electron chi connectivity index (χ3n) is 0.649. The fraction of sp³-hybridized carbons (Fsp3) is 0.200. The molecule has 0 aliphatic rings. The van der Waals surface area contributed by atoms with Crippen LogP contribution in [0.5, 0.6) is 0 Å².